The Morgan fingerprint density at radius 2 is 0.714 bits per heavy atom. The SMILES string of the molecule is CCCCCC/C=C\C/C=C\CCCCCCCCCC(=O)OCCCCCCCCCCCCCCCCCCCCC(=O)NC(CO)C(O)/C=C/CCCCCCCCCCCCCCCCC. The number of rotatable bonds is 58. The molecule has 70 heavy (non-hydrogen) atoms. The second-order valence-electron chi connectivity index (χ2n) is 21.4. The Morgan fingerprint density at radius 3 is 1.10 bits per heavy atom. The molecule has 0 bridgehead atoms. The summed E-state index contributed by atoms with van der Waals surface area (Å²) in [6.07, 6.45) is 74.6. The topological polar surface area (TPSA) is 95.9 Å². The lowest BCUT2D eigenvalue weighted by atomic mass is 10.0. The van der Waals surface area contributed by atoms with E-state index in [9.17, 15) is 19.8 Å². The summed E-state index contributed by atoms with van der Waals surface area (Å²) in [6, 6.07) is -0.632. The summed E-state index contributed by atoms with van der Waals surface area (Å²) >= 11 is 0. The third kappa shape index (κ3) is 55.4. The molecule has 0 aliphatic carbocycles. The van der Waals surface area contributed by atoms with Crippen LogP contribution in [0.5, 0.6) is 0 Å². The van der Waals surface area contributed by atoms with E-state index in [0.717, 1.165) is 51.4 Å². The smallest absolute Gasteiger partial charge is 0.305 e. The molecular formula is C64H121NO5. The highest BCUT2D eigenvalue weighted by Crippen LogP contribution is 2.17. The summed E-state index contributed by atoms with van der Waals surface area (Å²) in [5.74, 6) is -0.0710. The van der Waals surface area contributed by atoms with Crippen LogP contribution in [0.2, 0.25) is 0 Å². The Morgan fingerprint density at radius 1 is 0.400 bits per heavy atom. The third-order valence-electron chi connectivity index (χ3n) is 14.4. The molecule has 2 atom stereocenters. The molecule has 0 aliphatic heterocycles. The molecule has 0 aliphatic rings. The normalized spacial score (nSPS) is 12.8. The van der Waals surface area contributed by atoms with E-state index in [2.05, 4.69) is 43.5 Å². The molecule has 3 N–H and O–H groups in total. The van der Waals surface area contributed by atoms with E-state index in [0.29, 0.717) is 19.4 Å². The largest absolute Gasteiger partial charge is 0.466 e. The molecule has 0 spiro atoms. The Bertz CT molecular complexity index is 1130. The second kappa shape index (κ2) is 59.6. The first kappa shape index (κ1) is 68.1. The van der Waals surface area contributed by atoms with Crippen LogP contribution in [-0.4, -0.2) is 47.4 Å². The summed E-state index contributed by atoms with van der Waals surface area (Å²) in [7, 11) is 0. The van der Waals surface area contributed by atoms with Gasteiger partial charge in [-0.05, 0) is 64.2 Å². The van der Waals surface area contributed by atoms with Gasteiger partial charge in [-0.1, -0.05) is 294 Å². The predicted octanol–water partition coefficient (Wildman–Crippen LogP) is 19.6. The molecule has 1 amide bonds. The minimum atomic E-state index is -0.848. The Hall–Kier alpha value is -1.92. The van der Waals surface area contributed by atoms with Crippen molar-refractivity contribution in [1.29, 1.82) is 0 Å². The number of carbonyl (C=O) groups excluding carboxylic acids is 2. The molecule has 6 nitrogen and oxygen atoms in total. The van der Waals surface area contributed by atoms with Crippen LogP contribution in [0.15, 0.2) is 36.5 Å². The number of hydrogen-bond donors (Lipinski definition) is 3. The maximum Gasteiger partial charge on any atom is 0.305 e. The molecule has 0 saturated heterocycles. The molecule has 0 saturated carbocycles. The number of aliphatic hydroxyl groups is 2. The molecule has 0 aromatic carbocycles. The van der Waals surface area contributed by atoms with Gasteiger partial charge in [-0.15, -0.1) is 0 Å². The Labute approximate surface area is 436 Å². The minimum absolute atomic E-state index is 0.000623. The first-order valence-corrected chi connectivity index (χ1v) is 31.3. The lowest BCUT2D eigenvalue weighted by Gasteiger charge is -2.20. The molecule has 6 heteroatoms. The fourth-order valence-electron chi connectivity index (χ4n) is 9.61. The summed E-state index contributed by atoms with van der Waals surface area (Å²) < 4.78 is 5.49. The number of unbranched alkanes of at least 4 members (excludes halogenated alkanes) is 43. The molecule has 0 aromatic rings. The van der Waals surface area contributed by atoms with Crippen LogP contribution >= 0.6 is 0 Å². The van der Waals surface area contributed by atoms with Gasteiger partial charge in [0.05, 0.1) is 25.4 Å². The summed E-state index contributed by atoms with van der Waals surface area (Å²) in [5.41, 5.74) is 0. The van der Waals surface area contributed by atoms with E-state index in [1.807, 2.05) is 6.08 Å². The van der Waals surface area contributed by atoms with Gasteiger partial charge in [-0.2, -0.15) is 0 Å². The monoisotopic (exact) mass is 984 g/mol. The van der Waals surface area contributed by atoms with Crippen LogP contribution in [0.25, 0.3) is 0 Å². The number of allylic oxidation sites excluding steroid dienone is 5. The number of hydrogen-bond acceptors (Lipinski definition) is 5. The molecule has 0 heterocycles. The summed E-state index contributed by atoms with van der Waals surface area (Å²) in [6.45, 7) is 4.89. The first-order valence-electron chi connectivity index (χ1n) is 31.3. The van der Waals surface area contributed by atoms with Crippen molar-refractivity contribution in [2.45, 2.75) is 347 Å². The van der Waals surface area contributed by atoms with E-state index < -0.39 is 12.1 Å². The summed E-state index contributed by atoms with van der Waals surface area (Å²) in [5, 5.41) is 23.2. The van der Waals surface area contributed by atoms with Crippen molar-refractivity contribution >= 4 is 11.9 Å². The molecular weight excluding hydrogens is 863 g/mol. The Kier molecular flexibility index (Phi) is 58.0. The fraction of sp³-hybridized carbons (Fsp3) is 0.875. The van der Waals surface area contributed by atoms with Crippen molar-refractivity contribution in [1.82, 2.24) is 5.32 Å². The first-order chi connectivity index (χ1) is 34.5. The molecule has 0 fully saturated rings. The average Bonchev–Trinajstić information content (AvgIpc) is 3.36. The third-order valence-corrected chi connectivity index (χ3v) is 14.4. The standard InChI is InChI=1S/C64H121NO5/c1-3-5-7-9-11-13-15-17-19-21-26-30-34-38-42-46-50-54-58-64(69)70-59-55-51-47-43-39-35-31-27-23-22-25-29-33-37-41-45-49-53-57-63(68)65-61(60-66)62(67)56-52-48-44-40-36-32-28-24-20-18-16-14-12-10-8-6-4-2/h13,15,19,21,52,56,61-62,66-67H,3-12,14,16-18,20,22-51,53-55,57-60H2,1-2H3,(H,65,68)/b15-13-,21-19-,56-52+. The van der Waals surface area contributed by atoms with Crippen LogP contribution in [0.1, 0.15) is 335 Å². The number of aliphatic hydroxyl groups excluding tert-OH is 2. The van der Waals surface area contributed by atoms with Gasteiger partial charge in [-0.3, -0.25) is 9.59 Å². The average molecular weight is 985 g/mol. The van der Waals surface area contributed by atoms with Crippen molar-refractivity contribution < 1.29 is 24.5 Å². The van der Waals surface area contributed by atoms with Crippen molar-refractivity contribution in [3.8, 4) is 0 Å². The van der Waals surface area contributed by atoms with Gasteiger partial charge in [0.25, 0.3) is 0 Å². The van der Waals surface area contributed by atoms with E-state index >= 15 is 0 Å². The molecule has 0 aromatic heterocycles. The maximum absolute atomic E-state index is 12.5. The van der Waals surface area contributed by atoms with Gasteiger partial charge < -0.3 is 20.3 Å². The van der Waals surface area contributed by atoms with Crippen molar-refractivity contribution in [2.75, 3.05) is 13.2 Å². The summed E-state index contributed by atoms with van der Waals surface area (Å²) in [4.78, 5) is 24.6. The zero-order chi connectivity index (χ0) is 50.7. The van der Waals surface area contributed by atoms with E-state index in [-0.39, 0.29) is 18.5 Å². The van der Waals surface area contributed by atoms with Crippen molar-refractivity contribution in [2.24, 2.45) is 0 Å². The highest BCUT2D eigenvalue weighted by molar-refractivity contribution is 5.76. The lowest BCUT2D eigenvalue weighted by molar-refractivity contribution is -0.143. The molecule has 412 valence electrons. The highest BCUT2D eigenvalue weighted by Gasteiger charge is 2.18. The van der Waals surface area contributed by atoms with E-state index in [4.69, 9.17) is 4.74 Å². The quantitative estimate of drug-likeness (QED) is 0.0321. The van der Waals surface area contributed by atoms with Crippen LogP contribution in [0.3, 0.4) is 0 Å². The van der Waals surface area contributed by atoms with Crippen molar-refractivity contribution in [3.05, 3.63) is 36.5 Å². The fourth-order valence-corrected chi connectivity index (χ4v) is 9.61. The number of ether oxygens (including phenoxy) is 1. The van der Waals surface area contributed by atoms with Gasteiger partial charge >= 0.3 is 5.97 Å². The van der Waals surface area contributed by atoms with Gasteiger partial charge in [0.1, 0.15) is 0 Å². The Balaban J connectivity index is 3.43. The van der Waals surface area contributed by atoms with Gasteiger partial charge in [0.2, 0.25) is 5.91 Å². The lowest BCUT2D eigenvalue weighted by Crippen LogP contribution is -2.45. The zero-order valence-electron chi connectivity index (χ0n) is 47.0. The van der Waals surface area contributed by atoms with Crippen LogP contribution < -0.4 is 5.32 Å². The highest BCUT2D eigenvalue weighted by atomic mass is 16.5. The number of amides is 1. The van der Waals surface area contributed by atoms with Crippen LogP contribution in [-0.2, 0) is 14.3 Å². The van der Waals surface area contributed by atoms with E-state index in [1.165, 1.54) is 257 Å². The zero-order valence-corrected chi connectivity index (χ0v) is 47.0. The van der Waals surface area contributed by atoms with Gasteiger partial charge in [-0.25, -0.2) is 0 Å². The van der Waals surface area contributed by atoms with Gasteiger partial charge in [0.15, 0.2) is 0 Å². The minimum Gasteiger partial charge on any atom is -0.466 e. The maximum atomic E-state index is 12.5. The van der Waals surface area contributed by atoms with Crippen molar-refractivity contribution in [3.63, 3.8) is 0 Å². The molecule has 2 unspecified atom stereocenters. The number of nitrogens with one attached hydrogen (secondary N) is 1. The van der Waals surface area contributed by atoms with Gasteiger partial charge in [0, 0.05) is 12.8 Å². The molecule has 0 rings (SSSR count). The number of carbonyl (C=O) groups is 2. The van der Waals surface area contributed by atoms with E-state index in [1.54, 1.807) is 6.08 Å². The molecule has 0 radical (unpaired) electrons. The predicted molar refractivity (Wildman–Crippen MR) is 306 cm³/mol. The number of esters is 1. The second-order valence-corrected chi connectivity index (χ2v) is 21.4. The van der Waals surface area contributed by atoms with Crippen LogP contribution in [0.4, 0.5) is 0 Å². The van der Waals surface area contributed by atoms with Crippen LogP contribution in [0, 0.1) is 0 Å².